The van der Waals surface area contributed by atoms with Crippen molar-refractivity contribution in [3.05, 3.63) is 23.8 Å². The normalized spacial score (nSPS) is 26.8. The standard InChI is InChI=1S/C15H19N3O2/c1-9-3-5-12(7-10(9)2)18-14-8-11(15(19)20)4-6-13(14)16-17-18/h4,6,8-10,12H,3,5,7H2,1-2H3,(H,19,20). The lowest BCUT2D eigenvalue weighted by atomic mass is 9.79. The zero-order valence-corrected chi connectivity index (χ0v) is 11.8. The van der Waals surface area contributed by atoms with Gasteiger partial charge < -0.3 is 5.11 Å². The van der Waals surface area contributed by atoms with E-state index in [1.54, 1.807) is 18.2 Å². The topological polar surface area (TPSA) is 68.0 Å². The second kappa shape index (κ2) is 4.89. The predicted octanol–water partition coefficient (Wildman–Crippen LogP) is 3.13. The molecule has 3 unspecified atom stereocenters. The molecule has 2 aromatic rings. The first-order valence-electron chi connectivity index (χ1n) is 7.14. The van der Waals surface area contributed by atoms with E-state index >= 15 is 0 Å². The molecule has 106 valence electrons. The first-order valence-corrected chi connectivity index (χ1v) is 7.14. The Morgan fingerprint density at radius 3 is 2.80 bits per heavy atom. The van der Waals surface area contributed by atoms with Gasteiger partial charge in [-0.2, -0.15) is 0 Å². The molecule has 0 bridgehead atoms. The van der Waals surface area contributed by atoms with Crippen molar-refractivity contribution in [3.8, 4) is 0 Å². The van der Waals surface area contributed by atoms with Gasteiger partial charge in [0.05, 0.1) is 17.1 Å². The van der Waals surface area contributed by atoms with E-state index in [0.29, 0.717) is 17.5 Å². The molecule has 0 spiro atoms. The highest BCUT2D eigenvalue weighted by Gasteiger charge is 2.27. The molecule has 0 aliphatic heterocycles. The molecule has 1 heterocycles. The van der Waals surface area contributed by atoms with E-state index in [9.17, 15) is 4.79 Å². The van der Waals surface area contributed by atoms with Crippen LogP contribution in [0.2, 0.25) is 0 Å². The third-order valence-electron chi connectivity index (χ3n) is 4.63. The number of carboxylic acid groups (broad SMARTS) is 1. The Hall–Kier alpha value is -1.91. The van der Waals surface area contributed by atoms with Gasteiger partial charge in [-0.25, -0.2) is 9.48 Å². The Morgan fingerprint density at radius 1 is 1.30 bits per heavy atom. The zero-order chi connectivity index (χ0) is 14.3. The average molecular weight is 273 g/mol. The predicted molar refractivity (Wildman–Crippen MR) is 75.7 cm³/mol. The fraction of sp³-hybridized carbons (Fsp3) is 0.533. The van der Waals surface area contributed by atoms with Gasteiger partial charge in [0, 0.05) is 0 Å². The average Bonchev–Trinajstić information content (AvgIpc) is 2.84. The molecule has 1 aliphatic rings. The van der Waals surface area contributed by atoms with Gasteiger partial charge in [0.2, 0.25) is 0 Å². The zero-order valence-electron chi connectivity index (χ0n) is 11.8. The van der Waals surface area contributed by atoms with Crippen molar-refractivity contribution in [1.29, 1.82) is 0 Å². The van der Waals surface area contributed by atoms with Crippen LogP contribution < -0.4 is 0 Å². The minimum atomic E-state index is -0.912. The summed E-state index contributed by atoms with van der Waals surface area (Å²) in [5.41, 5.74) is 1.89. The highest BCUT2D eigenvalue weighted by Crippen LogP contribution is 2.36. The van der Waals surface area contributed by atoms with Crippen LogP contribution in [0, 0.1) is 11.8 Å². The molecule has 1 aromatic carbocycles. The summed E-state index contributed by atoms with van der Waals surface area (Å²) in [4.78, 5) is 11.1. The van der Waals surface area contributed by atoms with Crippen molar-refractivity contribution in [3.63, 3.8) is 0 Å². The van der Waals surface area contributed by atoms with E-state index in [4.69, 9.17) is 5.11 Å². The number of rotatable bonds is 2. The molecule has 1 aromatic heterocycles. The monoisotopic (exact) mass is 273 g/mol. The quantitative estimate of drug-likeness (QED) is 0.912. The van der Waals surface area contributed by atoms with Crippen LogP contribution >= 0.6 is 0 Å². The molecule has 1 N–H and O–H groups in total. The number of aromatic nitrogens is 3. The van der Waals surface area contributed by atoms with Gasteiger partial charge in [0.15, 0.2) is 0 Å². The van der Waals surface area contributed by atoms with E-state index in [1.165, 1.54) is 6.42 Å². The summed E-state index contributed by atoms with van der Waals surface area (Å²) in [7, 11) is 0. The van der Waals surface area contributed by atoms with Crippen LogP contribution in [0.25, 0.3) is 11.0 Å². The van der Waals surface area contributed by atoms with Gasteiger partial charge in [0.1, 0.15) is 5.52 Å². The van der Waals surface area contributed by atoms with Gasteiger partial charge in [-0.1, -0.05) is 19.1 Å². The molecule has 1 aliphatic carbocycles. The summed E-state index contributed by atoms with van der Waals surface area (Å²) in [5, 5.41) is 17.5. The van der Waals surface area contributed by atoms with E-state index in [-0.39, 0.29) is 0 Å². The Kier molecular flexibility index (Phi) is 3.20. The Bertz CT molecular complexity index is 650. The molecular formula is C15H19N3O2. The van der Waals surface area contributed by atoms with Gasteiger partial charge in [0.25, 0.3) is 0 Å². The minimum Gasteiger partial charge on any atom is -0.478 e. The summed E-state index contributed by atoms with van der Waals surface area (Å²) in [6.45, 7) is 4.57. The van der Waals surface area contributed by atoms with Crippen LogP contribution in [0.15, 0.2) is 18.2 Å². The molecule has 1 fully saturated rings. The smallest absolute Gasteiger partial charge is 0.335 e. The number of aromatic carboxylic acids is 1. The first-order chi connectivity index (χ1) is 9.56. The molecule has 0 radical (unpaired) electrons. The van der Waals surface area contributed by atoms with Crippen molar-refractivity contribution < 1.29 is 9.90 Å². The second-order valence-corrected chi connectivity index (χ2v) is 5.96. The van der Waals surface area contributed by atoms with Gasteiger partial charge in [-0.3, -0.25) is 0 Å². The largest absolute Gasteiger partial charge is 0.478 e. The summed E-state index contributed by atoms with van der Waals surface area (Å²) in [6, 6.07) is 5.32. The van der Waals surface area contributed by atoms with Crippen LogP contribution in [0.1, 0.15) is 49.5 Å². The number of fused-ring (bicyclic) bond motifs is 1. The van der Waals surface area contributed by atoms with E-state index in [0.717, 1.165) is 29.8 Å². The maximum atomic E-state index is 11.1. The summed E-state index contributed by atoms with van der Waals surface area (Å²) in [5.74, 6) is 0.497. The van der Waals surface area contributed by atoms with E-state index < -0.39 is 5.97 Å². The molecule has 3 rings (SSSR count). The Morgan fingerprint density at radius 2 is 2.10 bits per heavy atom. The van der Waals surface area contributed by atoms with Crippen LogP contribution in [0.3, 0.4) is 0 Å². The minimum absolute atomic E-state index is 0.290. The van der Waals surface area contributed by atoms with Gasteiger partial charge in [-0.15, -0.1) is 5.10 Å². The molecule has 5 nitrogen and oxygen atoms in total. The second-order valence-electron chi connectivity index (χ2n) is 5.96. The maximum absolute atomic E-state index is 11.1. The number of nitrogens with zero attached hydrogens (tertiary/aromatic N) is 3. The van der Waals surface area contributed by atoms with E-state index in [2.05, 4.69) is 24.2 Å². The fourth-order valence-electron chi connectivity index (χ4n) is 3.08. The summed E-state index contributed by atoms with van der Waals surface area (Å²) < 4.78 is 1.92. The molecule has 0 saturated heterocycles. The molecule has 5 heteroatoms. The lowest BCUT2D eigenvalue weighted by Gasteiger charge is -2.32. The highest BCUT2D eigenvalue weighted by atomic mass is 16.4. The molecule has 3 atom stereocenters. The number of benzene rings is 1. The van der Waals surface area contributed by atoms with Crippen LogP contribution in [0.4, 0.5) is 0 Å². The number of hydrogen-bond acceptors (Lipinski definition) is 3. The van der Waals surface area contributed by atoms with Crippen molar-refractivity contribution in [2.45, 2.75) is 39.2 Å². The van der Waals surface area contributed by atoms with Crippen molar-refractivity contribution >= 4 is 17.0 Å². The summed E-state index contributed by atoms with van der Waals surface area (Å²) >= 11 is 0. The van der Waals surface area contributed by atoms with Crippen LogP contribution in [0.5, 0.6) is 0 Å². The third kappa shape index (κ3) is 2.17. The molecular weight excluding hydrogens is 254 g/mol. The van der Waals surface area contributed by atoms with E-state index in [1.807, 2.05) is 4.68 Å². The Balaban J connectivity index is 1.99. The van der Waals surface area contributed by atoms with Gasteiger partial charge in [-0.05, 0) is 49.3 Å². The fourth-order valence-corrected chi connectivity index (χ4v) is 3.08. The number of carboxylic acids is 1. The molecule has 20 heavy (non-hydrogen) atoms. The number of hydrogen-bond donors (Lipinski definition) is 1. The van der Waals surface area contributed by atoms with Crippen molar-refractivity contribution in [1.82, 2.24) is 15.0 Å². The van der Waals surface area contributed by atoms with Crippen molar-refractivity contribution in [2.75, 3.05) is 0 Å². The van der Waals surface area contributed by atoms with Crippen LogP contribution in [-0.4, -0.2) is 26.1 Å². The summed E-state index contributed by atoms with van der Waals surface area (Å²) in [6.07, 6.45) is 3.35. The van der Waals surface area contributed by atoms with Crippen molar-refractivity contribution in [2.24, 2.45) is 11.8 Å². The molecule has 1 saturated carbocycles. The number of carbonyl (C=O) groups is 1. The third-order valence-corrected chi connectivity index (χ3v) is 4.63. The SMILES string of the molecule is CC1CCC(n2nnc3ccc(C(=O)O)cc32)CC1C. The first kappa shape index (κ1) is 13.1. The lowest BCUT2D eigenvalue weighted by Crippen LogP contribution is -2.24. The highest BCUT2D eigenvalue weighted by molar-refractivity contribution is 5.92. The van der Waals surface area contributed by atoms with Gasteiger partial charge >= 0.3 is 5.97 Å². The maximum Gasteiger partial charge on any atom is 0.335 e. The Labute approximate surface area is 117 Å². The van der Waals surface area contributed by atoms with Crippen LogP contribution in [-0.2, 0) is 0 Å². The molecule has 0 amide bonds. The lowest BCUT2D eigenvalue weighted by molar-refractivity contribution is 0.0697.